The number of aliphatic carboxylic acids is 1. The van der Waals surface area contributed by atoms with E-state index in [4.69, 9.17) is 9.47 Å². The molecule has 19 heteroatoms. The third-order valence-corrected chi connectivity index (χ3v) is 17.8. The van der Waals surface area contributed by atoms with E-state index in [2.05, 4.69) is 20.6 Å². The number of amides is 4. The van der Waals surface area contributed by atoms with Crippen molar-refractivity contribution in [3.8, 4) is 16.2 Å². The number of benzene rings is 3. The van der Waals surface area contributed by atoms with Gasteiger partial charge in [-0.1, -0.05) is 102 Å². The van der Waals surface area contributed by atoms with Crippen molar-refractivity contribution in [1.29, 1.82) is 0 Å². The van der Waals surface area contributed by atoms with Gasteiger partial charge in [0.15, 0.2) is 0 Å². The Kier molecular flexibility index (Phi) is 20.0. The van der Waals surface area contributed by atoms with Gasteiger partial charge in [-0.3, -0.25) is 24.2 Å². The summed E-state index contributed by atoms with van der Waals surface area (Å²) in [4.78, 5) is 83.6. The largest absolute Gasteiger partial charge is 0.493 e. The Bertz CT molecular complexity index is 3120. The van der Waals surface area contributed by atoms with Crippen molar-refractivity contribution in [2.75, 3.05) is 26.2 Å². The number of halogens is 3. The minimum Gasteiger partial charge on any atom is -0.493 e. The van der Waals surface area contributed by atoms with Gasteiger partial charge in [0.1, 0.15) is 46.3 Å². The van der Waals surface area contributed by atoms with Gasteiger partial charge in [0, 0.05) is 78.9 Å². The lowest BCUT2D eigenvalue weighted by Gasteiger charge is -2.43. The molecule has 0 unspecified atom stereocenters. The molecule has 3 aliphatic heterocycles. The smallest absolute Gasteiger partial charge is 0.411 e. The number of likely N-dealkylation sites (tertiary alicyclic amines) is 2. The summed E-state index contributed by atoms with van der Waals surface area (Å²) in [7, 11) is 0. The minimum absolute atomic E-state index is 0.00856. The normalized spacial score (nSPS) is 20.7. The predicted octanol–water partition coefficient (Wildman–Crippen LogP) is 12.8. The number of rotatable bonds is 23. The fourth-order valence-electron chi connectivity index (χ4n) is 12.7. The Morgan fingerprint density at radius 1 is 0.905 bits per heavy atom. The molecular weight excluding hydrogens is 1100 g/mol. The van der Waals surface area contributed by atoms with E-state index in [0.29, 0.717) is 31.4 Å². The molecule has 4 amide bonds. The molecule has 3 aliphatic rings. The van der Waals surface area contributed by atoms with Gasteiger partial charge < -0.3 is 35.1 Å². The highest BCUT2D eigenvalue weighted by molar-refractivity contribution is 7.13. The number of carboxylic acids is 1. The number of aromatic nitrogens is 2. The average Bonchev–Trinajstić information content (AvgIpc) is 1.67. The van der Waals surface area contributed by atoms with Crippen LogP contribution in [0.3, 0.4) is 0 Å². The summed E-state index contributed by atoms with van der Waals surface area (Å²) in [6.07, 6.45) is 7.15. The van der Waals surface area contributed by atoms with Crippen molar-refractivity contribution in [2.45, 2.75) is 200 Å². The molecule has 84 heavy (non-hydrogen) atoms. The molecule has 5 heterocycles. The van der Waals surface area contributed by atoms with Gasteiger partial charge in [0.05, 0.1) is 28.7 Å². The van der Waals surface area contributed by atoms with Crippen LogP contribution < -0.4 is 15.4 Å². The van der Waals surface area contributed by atoms with Gasteiger partial charge >= 0.3 is 12.1 Å². The van der Waals surface area contributed by atoms with Crippen molar-refractivity contribution in [1.82, 2.24) is 35.3 Å². The topological polar surface area (TPSA) is 186 Å². The number of alkyl halides is 1. The number of nitrogens with one attached hydrogen (secondary N) is 3. The van der Waals surface area contributed by atoms with E-state index in [1.165, 1.54) is 35.8 Å². The fraction of sp³-hybridized carbons (Fsp3) is 0.569. The summed E-state index contributed by atoms with van der Waals surface area (Å²) >= 11 is 1.54. The van der Waals surface area contributed by atoms with Crippen molar-refractivity contribution in [2.24, 2.45) is 11.3 Å². The maximum absolute atomic E-state index is 16.2. The molecule has 0 aliphatic carbocycles. The first-order valence-electron chi connectivity index (χ1n) is 29.9. The van der Waals surface area contributed by atoms with E-state index in [1.807, 2.05) is 88.0 Å². The third kappa shape index (κ3) is 14.8. The summed E-state index contributed by atoms with van der Waals surface area (Å²) in [6.45, 7) is 17.9. The fourth-order valence-corrected chi connectivity index (χ4v) is 13.5. The van der Waals surface area contributed by atoms with Crippen LogP contribution in [0.15, 0.2) is 66.2 Å². The zero-order valence-electron chi connectivity index (χ0n) is 50.6. The molecule has 3 aromatic carbocycles. The molecule has 0 radical (unpaired) electrons. The van der Waals surface area contributed by atoms with Crippen LogP contribution in [0.4, 0.5) is 18.0 Å². The van der Waals surface area contributed by atoms with Gasteiger partial charge in [-0.15, -0.1) is 11.3 Å². The molecule has 6 atom stereocenters. The Hall–Kier alpha value is -6.47. The lowest BCUT2D eigenvalue weighted by molar-refractivity contribution is -0.153. The summed E-state index contributed by atoms with van der Waals surface area (Å²) in [6, 6.07) is 14.8. The SMILES string of the molecule is Cc1ncsc1-c1ccc(CNC(=O)[C@@H]2C[C@@H]([C@]3(C(=O)O)CCCN3C(=O)OC(C)(C)C)CN2C(=O)[C@@H](NC(=O)CCCCCCCCCCOc2cc(F)c([C@@H]3c4[nH]c5ccccc5c4C[C@@H](C)N3CC(C)(C)F)c(F)c2)C(C)(C)C)cc1. The second-order valence-electron chi connectivity index (χ2n) is 26.1. The minimum atomic E-state index is -1.74. The van der Waals surface area contributed by atoms with Crippen molar-refractivity contribution in [3.05, 3.63) is 106 Å². The Morgan fingerprint density at radius 2 is 1.56 bits per heavy atom. The van der Waals surface area contributed by atoms with Crippen molar-refractivity contribution in [3.63, 3.8) is 0 Å². The quantitative estimate of drug-likeness (QED) is 0.0459. The monoisotopic (exact) mass is 1180 g/mol. The van der Waals surface area contributed by atoms with Crippen LogP contribution >= 0.6 is 11.3 Å². The number of unbranched alkanes of at least 4 members (excludes halogenated alkanes) is 7. The molecule has 15 nitrogen and oxygen atoms in total. The summed E-state index contributed by atoms with van der Waals surface area (Å²) in [5.74, 6) is -4.74. The molecule has 2 fully saturated rings. The Balaban J connectivity index is 0.821. The summed E-state index contributed by atoms with van der Waals surface area (Å²) in [5.41, 5.74) is 1.88. The highest BCUT2D eigenvalue weighted by Gasteiger charge is 2.61. The summed E-state index contributed by atoms with van der Waals surface area (Å²) < 4.78 is 59.2. The highest BCUT2D eigenvalue weighted by Crippen LogP contribution is 2.46. The molecule has 0 saturated carbocycles. The average molecular weight is 1180 g/mol. The number of aryl methyl sites for hydroxylation is 1. The van der Waals surface area contributed by atoms with Gasteiger partial charge in [0.25, 0.3) is 0 Å². The number of carbonyl (C=O) groups excluding carboxylic acids is 4. The van der Waals surface area contributed by atoms with Crippen LogP contribution in [-0.2, 0) is 36.9 Å². The van der Waals surface area contributed by atoms with E-state index in [1.54, 1.807) is 37.6 Å². The van der Waals surface area contributed by atoms with Crippen molar-refractivity contribution < 1.29 is 51.7 Å². The number of carbonyl (C=O) groups is 5. The van der Waals surface area contributed by atoms with Gasteiger partial charge in [-0.2, -0.15) is 0 Å². The number of H-pyrrole nitrogens is 1. The van der Waals surface area contributed by atoms with E-state index in [9.17, 15) is 29.1 Å². The van der Waals surface area contributed by atoms with E-state index in [0.717, 1.165) is 76.7 Å². The molecule has 0 bridgehead atoms. The Labute approximate surface area is 496 Å². The number of hydrogen-bond donors (Lipinski definition) is 4. The zero-order valence-corrected chi connectivity index (χ0v) is 51.4. The number of carboxylic acid groups (broad SMARTS) is 1. The number of aromatic amines is 1. The zero-order chi connectivity index (χ0) is 60.9. The van der Waals surface area contributed by atoms with Crippen molar-refractivity contribution >= 4 is 52.0 Å². The Morgan fingerprint density at radius 3 is 2.18 bits per heavy atom. The highest BCUT2D eigenvalue weighted by atomic mass is 32.1. The molecule has 2 saturated heterocycles. The van der Waals surface area contributed by atoms with Crippen LogP contribution in [-0.4, -0.2) is 121 Å². The van der Waals surface area contributed by atoms with Crippen LogP contribution in [0.5, 0.6) is 5.75 Å². The van der Waals surface area contributed by atoms with Crippen LogP contribution in [0.25, 0.3) is 21.3 Å². The first-order valence-corrected chi connectivity index (χ1v) is 30.8. The first kappa shape index (κ1) is 63.5. The van der Waals surface area contributed by atoms with Gasteiger partial charge in [0.2, 0.25) is 17.7 Å². The predicted molar refractivity (Wildman–Crippen MR) is 320 cm³/mol. The molecule has 0 spiro atoms. The van der Waals surface area contributed by atoms with Gasteiger partial charge in [-0.25, -0.2) is 27.7 Å². The standard InChI is InChI=1S/C65H86F3N7O8S/c1-40-32-47-46-22-18-19-23-50(46)71-54(47)55(74(40)38-64(9,10)68)53-48(66)34-45(35-49(53)67)82-31-20-16-14-12-11-13-15-17-24-52(76)72-57(62(3,4)5)59(78)73-37-44(65(60(79)80)29-21-30-75(65)61(81)83-63(6,7)8)33-51(73)58(77)69-36-42-25-27-43(28-26-42)56-41(2)70-39-84-56/h18-19,22-23,25-28,34-35,39-40,44,51,55,57,71H,11-17,20-21,24,29-33,36-38H2,1-10H3,(H,69,77)(H,72,76)(H,79,80)/t40-,44-,51+,55-,57-,65+/m1/s1. The lowest BCUT2D eigenvalue weighted by Crippen LogP contribution is -2.60. The van der Waals surface area contributed by atoms with Crippen LogP contribution in [0, 0.1) is 29.9 Å². The first-order chi connectivity index (χ1) is 39.7. The molecule has 4 N–H and O–H groups in total. The molecule has 5 aromatic rings. The number of hydrogen-bond acceptors (Lipinski definition) is 10. The summed E-state index contributed by atoms with van der Waals surface area (Å²) in [5, 5.41) is 18.0. The number of thiazole rings is 1. The maximum atomic E-state index is 16.2. The van der Waals surface area contributed by atoms with E-state index >= 15 is 13.2 Å². The maximum Gasteiger partial charge on any atom is 0.411 e. The second kappa shape index (κ2) is 26.4. The molecular formula is C65H86F3N7O8S. The molecule has 456 valence electrons. The van der Waals surface area contributed by atoms with Crippen LogP contribution in [0.1, 0.15) is 173 Å². The number of para-hydroxylation sites is 1. The number of ether oxygens (including phenoxy) is 2. The van der Waals surface area contributed by atoms with Crippen LogP contribution in [0.2, 0.25) is 0 Å². The number of fused-ring (bicyclic) bond motifs is 3. The van der Waals surface area contributed by atoms with E-state index < -0.39 is 81.8 Å². The van der Waals surface area contributed by atoms with Gasteiger partial charge in [-0.05, 0) is 115 Å². The lowest BCUT2D eigenvalue weighted by atomic mass is 9.80. The third-order valence-electron chi connectivity index (χ3n) is 16.8. The molecule has 8 rings (SSSR count). The van der Waals surface area contributed by atoms with E-state index in [-0.39, 0.29) is 75.3 Å². The second-order valence-corrected chi connectivity index (χ2v) is 26.9. The number of nitrogens with zero attached hydrogens (tertiary/aromatic N) is 4. The molecule has 2 aromatic heterocycles.